The van der Waals surface area contributed by atoms with E-state index in [0.717, 1.165) is 12.1 Å². The number of pyridine rings is 1. The highest BCUT2D eigenvalue weighted by atomic mass is 35.5. The van der Waals surface area contributed by atoms with Crippen LogP contribution in [0.2, 0.25) is 5.02 Å². The molecule has 35 heavy (non-hydrogen) atoms. The Kier molecular flexibility index (Phi) is 8.03. The molecule has 184 valence electrons. The summed E-state index contributed by atoms with van der Waals surface area (Å²) in [5, 5.41) is 10.9. The number of nitrogens with zero attached hydrogens (tertiary/aromatic N) is 1. The number of methoxy groups -OCH3 is 1. The van der Waals surface area contributed by atoms with Crippen LogP contribution in [0.5, 0.6) is 11.5 Å². The van der Waals surface area contributed by atoms with Crippen LogP contribution in [0.4, 0.5) is 8.78 Å². The number of ketones is 1. The second kappa shape index (κ2) is 10.8. The summed E-state index contributed by atoms with van der Waals surface area (Å²) >= 11 is 5.83. The molecule has 1 amide bonds. The first-order chi connectivity index (χ1) is 16.5. The fourth-order valence-corrected chi connectivity index (χ4v) is 3.55. The van der Waals surface area contributed by atoms with Crippen molar-refractivity contribution in [3.63, 3.8) is 0 Å². The summed E-state index contributed by atoms with van der Waals surface area (Å²) in [7, 11) is 1.38. The zero-order chi connectivity index (χ0) is 25.8. The fourth-order valence-electron chi connectivity index (χ4n) is 3.36. The van der Waals surface area contributed by atoms with E-state index in [9.17, 15) is 23.5 Å². The number of hydrogen-bond donors (Lipinski definition) is 2. The Morgan fingerprint density at radius 1 is 1.09 bits per heavy atom. The van der Waals surface area contributed by atoms with Crippen LogP contribution in [-0.2, 0) is 10.4 Å². The molecule has 0 saturated carbocycles. The van der Waals surface area contributed by atoms with Crippen LogP contribution in [0.25, 0.3) is 11.3 Å². The van der Waals surface area contributed by atoms with Crippen molar-refractivity contribution in [2.75, 3.05) is 13.7 Å². The number of benzene rings is 2. The normalized spacial score (nSPS) is 12.6. The molecular formula is C25H23ClF2N2O5. The molecule has 1 atom stereocenters. The molecule has 3 aromatic rings. The van der Waals surface area contributed by atoms with Crippen LogP contribution >= 0.6 is 11.6 Å². The quantitative estimate of drug-likeness (QED) is 0.395. The molecular weight excluding hydrogens is 482 g/mol. The van der Waals surface area contributed by atoms with Crippen molar-refractivity contribution in [2.24, 2.45) is 5.73 Å². The highest BCUT2D eigenvalue weighted by Crippen LogP contribution is 2.32. The van der Waals surface area contributed by atoms with Crippen LogP contribution in [0.15, 0.2) is 48.5 Å². The summed E-state index contributed by atoms with van der Waals surface area (Å²) in [6.07, 6.45) is -0.267. The maximum atomic E-state index is 14.6. The van der Waals surface area contributed by atoms with E-state index >= 15 is 0 Å². The van der Waals surface area contributed by atoms with Gasteiger partial charge >= 0.3 is 0 Å². The molecule has 2 aromatic carbocycles. The molecule has 0 saturated heterocycles. The maximum absolute atomic E-state index is 14.6. The molecule has 0 bridgehead atoms. The standard InChI is InChI=1S/C25H23ClF2N2O5/c1-25(33,24-18(28)6-7-19(30-24)14-3-5-17(27)16(26)11-14)10-9-20(31)15-4-8-21(22(12-15)34-2)35-13-23(29)32/h3-8,11-12,33H,9-10,13H2,1-2H3,(H2,29,32). The average Bonchev–Trinajstić information content (AvgIpc) is 2.83. The van der Waals surface area contributed by atoms with Gasteiger partial charge in [0.05, 0.1) is 17.8 Å². The number of carbonyl (C=O) groups excluding carboxylic acids is 2. The van der Waals surface area contributed by atoms with Crippen molar-refractivity contribution in [1.82, 2.24) is 4.98 Å². The highest BCUT2D eigenvalue weighted by molar-refractivity contribution is 6.31. The summed E-state index contributed by atoms with van der Waals surface area (Å²) in [6, 6.07) is 10.9. The van der Waals surface area contributed by atoms with Crippen molar-refractivity contribution >= 4 is 23.3 Å². The van der Waals surface area contributed by atoms with E-state index < -0.39 is 23.1 Å². The molecule has 1 aromatic heterocycles. The van der Waals surface area contributed by atoms with Crippen molar-refractivity contribution in [3.05, 3.63) is 76.4 Å². The minimum atomic E-state index is -1.78. The van der Waals surface area contributed by atoms with Gasteiger partial charge in [0.1, 0.15) is 22.9 Å². The van der Waals surface area contributed by atoms with Crippen molar-refractivity contribution in [3.8, 4) is 22.8 Å². The number of aliphatic hydroxyl groups is 1. The van der Waals surface area contributed by atoms with E-state index in [2.05, 4.69) is 4.98 Å². The highest BCUT2D eigenvalue weighted by Gasteiger charge is 2.30. The first kappa shape index (κ1) is 26.1. The monoisotopic (exact) mass is 504 g/mol. The van der Waals surface area contributed by atoms with E-state index in [1.807, 2.05) is 0 Å². The Balaban J connectivity index is 1.77. The van der Waals surface area contributed by atoms with Gasteiger partial charge in [-0.3, -0.25) is 9.59 Å². The molecule has 7 nitrogen and oxygen atoms in total. The van der Waals surface area contributed by atoms with E-state index in [4.69, 9.17) is 26.8 Å². The first-order valence-electron chi connectivity index (χ1n) is 10.5. The van der Waals surface area contributed by atoms with Gasteiger partial charge < -0.3 is 20.3 Å². The Hall–Kier alpha value is -3.56. The van der Waals surface area contributed by atoms with Crippen LogP contribution in [0, 0.1) is 11.6 Å². The third kappa shape index (κ3) is 6.32. The van der Waals surface area contributed by atoms with E-state index in [1.54, 1.807) is 0 Å². The average molecular weight is 505 g/mol. The molecule has 1 unspecified atom stereocenters. The number of amides is 1. The van der Waals surface area contributed by atoms with Gasteiger partial charge in [0.15, 0.2) is 23.9 Å². The Morgan fingerprint density at radius 3 is 2.46 bits per heavy atom. The summed E-state index contributed by atoms with van der Waals surface area (Å²) in [5.74, 6) is -1.90. The minimum Gasteiger partial charge on any atom is -0.493 e. The zero-order valence-corrected chi connectivity index (χ0v) is 19.7. The largest absolute Gasteiger partial charge is 0.493 e. The molecule has 1 heterocycles. The van der Waals surface area contributed by atoms with Gasteiger partial charge in [-0.25, -0.2) is 13.8 Å². The maximum Gasteiger partial charge on any atom is 0.255 e. The lowest BCUT2D eigenvalue weighted by Crippen LogP contribution is -2.26. The summed E-state index contributed by atoms with van der Waals surface area (Å²) in [4.78, 5) is 27.9. The number of carbonyl (C=O) groups is 2. The second-order valence-electron chi connectivity index (χ2n) is 7.97. The van der Waals surface area contributed by atoms with Gasteiger partial charge in [-0.15, -0.1) is 0 Å². The summed E-state index contributed by atoms with van der Waals surface area (Å²) < 4.78 is 38.5. The van der Waals surface area contributed by atoms with E-state index in [0.29, 0.717) is 5.56 Å². The number of nitrogens with two attached hydrogens (primary N) is 1. The molecule has 3 rings (SSSR count). The molecule has 0 aliphatic rings. The van der Waals surface area contributed by atoms with Crippen LogP contribution in [-0.4, -0.2) is 35.5 Å². The first-order valence-corrected chi connectivity index (χ1v) is 10.9. The lowest BCUT2D eigenvalue weighted by atomic mass is 9.92. The second-order valence-corrected chi connectivity index (χ2v) is 8.38. The molecule has 10 heteroatoms. The third-order valence-electron chi connectivity index (χ3n) is 5.27. The molecule has 0 aliphatic heterocycles. The van der Waals surface area contributed by atoms with Crippen LogP contribution in [0.1, 0.15) is 35.8 Å². The van der Waals surface area contributed by atoms with Gasteiger partial charge in [0, 0.05) is 17.5 Å². The van der Waals surface area contributed by atoms with Crippen molar-refractivity contribution in [1.29, 1.82) is 0 Å². The lowest BCUT2D eigenvalue weighted by molar-refractivity contribution is -0.119. The van der Waals surface area contributed by atoms with Crippen molar-refractivity contribution in [2.45, 2.75) is 25.4 Å². The Labute approximate surface area is 205 Å². The molecule has 0 aliphatic carbocycles. The number of ether oxygens (including phenoxy) is 2. The van der Waals surface area contributed by atoms with E-state index in [1.165, 1.54) is 50.4 Å². The van der Waals surface area contributed by atoms with Gasteiger partial charge in [-0.05, 0) is 61.9 Å². The van der Waals surface area contributed by atoms with E-state index in [-0.39, 0.29) is 58.7 Å². The minimum absolute atomic E-state index is 0.117. The predicted octanol–water partition coefficient (Wildman–Crippen LogP) is 4.42. The summed E-state index contributed by atoms with van der Waals surface area (Å²) in [6.45, 7) is 1.00. The number of Topliss-reactive ketones (excluding diaryl/α,β-unsaturated/α-hetero) is 1. The molecule has 0 spiro atoms. The van der Waals surface area contributed by atoms with Gasteiger partial charge in [-0.1, -0.05) is 11.6 Å². The summed E-state index contributed by atoms with van der Waals surface area (Å²) in [5.41, 5.74) is 4.03. The van der Waals surface area contributed by atoms with Gasteiger partial charge in [-0.2, -0.15) is 0 Å². The topological polar surface area (TPSA) is 112 Å². The number of rotatable bonds is 10. The Morgan fingerprint density at radius 2 is 1.80 bits per heavy atom. The Bertz CT molecular complexity index is 1270. The third-order valence-corrected chi connectivity index (χ3v) is 5.56. The molecule has 0 fully saturated rings. The fraction of sp³-hybridized carbons (Fsp3) is 0.240. The van der Waals surface area contributed by atoms with Gasteiger partial charge in [0.2, 0.25) is 0 Å². The number of halogens is 3. The number of hydrogen-bond acceptors (Lipinski definition) is 6. The number of primary amides is 1. The molecule has 0 radical (unpaired) electrons. The number of aromatic nitrogens is 1. The lowest BCUT2D eigenvalue weighted by Gasteiger charge is -2.23. The smallest absolute Gasteiger partial charge is 0.255 e. The SMILES string of the molecule is COc1cc(C(=O)CCC(C)(O)c2nc(-c3ccc(F)c(Cl)c3)ccc2F)ccc1OCC(N)=O. The zero-order valence-electron chi connectivity index (χ0n) is 19.0. The van der Waals surface area contributed by atoms with Crippen LogP contribution < -0.4 is 15.2 Å². The van der Waals surface area contributed by atoms with Crippen LogP contribution in [0.3, 0.4) is 0 Å². The predicted molar refractivity (Wildman–Crippen MR) is 125 cm³/mol. The molecule has 3 N–H and O–H groups in total. The van der Waals surface area contributed by atoms with Gasteiger partial charge in [0.25, 0.3) is 5.91 Å². The van der Waals surface area contributed by atoms with Crippen molar-refractivity contribution < 1.29 is 33.0 Å².